The molecule has 0 saturated carbocycles. The Hall–Kier alpha value is -3.35. The van der Waals surface area contributed by atoms with Gasteiger partial charge in [0.25, 0.3) is 0 Å². The standard InChI is InChI=1S/C27H30O15/c28-7-16-20(33)21(34)23(36)27(40-16)42-25-17(8-29)41-26(24(37)22(25)35)39-12-3-1-10(2-4-12)13-9-38-15-6-11(30)5-14(31)18(15)19(13)32/h1-6,9,16-17,20-31,33-37H,7-8H2/t16-,17-,20-,21+,22-,23-,24-,25-,26-,27-/m1/s1. The van der Waals surface area contributed by atoms with E-state index in [9.17, 15) is 50.8 Å². The van der Waals surface area contributed by atoms with Crippen LogP contribution in [0.4, 0.5) is 0 Å². The Morgan fingerprint density at radius 1 is 0.762 bits per heavy atom. The zero-order valence-corrected chi connectivity index (χ0v) is 21.7. The number of aliphatic hydroxyl groups is 7. The van der Waals surface area contributed by atoms with Crippen LogP contribution < -0.4 is 10.2 Å². The molecule has 228 valence electrons. The van der Waals surface area contributed by atoms with E-state index in [2.05, 4.69) is 0 Å². The second-order valence-corrected chi connectivity index (χ2v) is 9.96. The average Bonchev–Trinajstić information content (AvgIpc) is 2.97. The number of hydrogen-bond acceptors (Lipinski definition) is 15. The molecule has 2 aromatic carbocycles. The van der Waals surface area contributed by atoms with Crippen LogP contribution in [0.5, 0.6) is 17.2 Å². The normalized spacial score (nSPS) is 33.5. The molecule has 5 rings (SSSR count). The molecule has 0 bridgehead atoms. The highest BCUT2D eigenvalue weighted by Crippen LogP contribution is 2.32. The van der Waals surface area contributed by atoms with E-state index in [4.69, 9.17) is 23.4 Å². The minimum atomic E-state index is -1.79. The van der Waals surface area contributed by atoms with Crippen LogP contribution in [0.3, 0.4) is 0 Å². The number of benzene rings is 2. The monoisotopic (exact) mass is 594 g/mol. The summed E-state index contributed by atoms with van der Waals surface area (Å²) in [5.74, 6) is -0.586. The number of hydrogen-bond donors (Lipinski definition) is 9. The summed E-state index contributed by atoms with van der Waals surface area (Å²) in [6.45, 7) is -1.44. The number of phenols is 2. The number of fused-ring (bicyclic) bond motifs is 1. The maximum atomic E-state index is 13.0. The van der Waals surface area contributed by atoms with Crippen molar-refractivity contribution in [1.82, 2.24) is 0 Å². The third-order valence-electron chi connectivity index (χ3n) is 7.22. The molecule has 1 aromatic heterocycles. The van der Waals surface area contributed by atoms with Crippen molar-refractivity contribution in [3.63, 3.8) is 0 Å². The minimum Gasteiger partial charge on any atom is -0.508 e. The maximum Gasteiger partial charge on any atom is 0.229 e. The first kappa shape index (κ1) is 30.1. The molecule has 2 aliphatic rings. The lowest BCUT2D eigenvalue weighted by Gasteiger charge is -2.45. The highest BCUT2D eigenvalue weighted by atomic mass is 16.7. The lowest BCUT2D eigenvalue weighted by atomic mass is 9.97. The van der Waals surface area contributed by atoms with Crippen LogP contribution in [0.15, 0.2) is 51.9 Å². The fraction of sp³-hybridized carbons (Fsp3) is 0.444. The van der Waals surface area contributed by atoms with E-state index in [-0.39, 0.29) is 28.0 Å². The van der Waals surface area contributed by atoms with Crippen molar-refractivity contribution in [3.8, 4) is 28.4 Å². The van der Waals surface area contributed by atoms with Crippen LogP contribution in [-0.2, 0) is 14.2 Å². The summed E-state index contributed by atoms with van der Waals surface area (Å²) >= 11 is 0. The number of ether oxygens (including phenoxy) is 4. The van der Waals surface area contributed by atoms with Gasteiger partial charge in [0.05, 0.1) is 18.8 Å². The van der Waals surface area contributed by atoms with E-state index in [0.717, 1.165) is 6.07 Å². The zero-order chi connectivity index (χ0) is 30.3. The van der Waals surface area contributed by atoms with Crippen LogP contribution in [0.25, 0.3) is 22.1 Å². The average molecular weight is 595 g/mol. The molecule has 9 N–H and O–H groups in total. The van der Waals surface area contributed by atoms with Crippen molar-refractivity contribution in [2.45, 2.75) is 61.4 Å². The SMILES string of the molecule is O=c1c(-c2ccc(O[C@@H]3O[C@H](CO)[C@@H](O[C@H]4O[C@H](CO)[C@@H](O)[C@H](O)[C@H]4O)[C@H](O)[C@H]3O)cc2)coc2cc(O)cc(O)c12. The summed E-state index contributed by atoms with van der Waals surface area (Å²) in [6.07, 6.45) is -14.7. The smallest absolute Gasteiger partial charge is 0.229 e. The summed E-state index contributed by atoms with van der Waals surface area (Å²) in [7, 11) is 0. The summed E-state index contributed by atoms with van der Waals surface area (Å²) in [4.78, 5) is 13.0. The molecule has 0 radical (unpaired) electrons. The number of phenolic OH excluding ortho intramolecular Hbond substituents is 2. The Balaban J connectivity index is 1.29. The second-order valence-electron chi connectivity index (χ2n) is 9.96. The maximum absolute atomic E-state index is 13.0. The van der Waals surface area contributed by atoms with Crippen LogP contribution in [0.1, 0.15) is 0 Å². The fourth-order valence-electron chi connectivity index (χ4n) is 4.92. The third kappa shape index (κ3) is 5.55. The molecule has 15 heteroatoms. The summed E-state index contributed by atoms with van der Waals surface area (Å²) < 4.78 is 27.5. The van der Waals surface area contributed by atoms with Crippen LogP contribution in [0.2, 0.25) is 0 Å². The molecule has 0 aliphatic carbocycles. The molecule has 15 nitrogen and oxygen atoms in total. The van der Waals surface area contributed by atoms with E-state index in [1.54, 1.807) is 0 Å². The molecule has 3 heterocycles. The lowest BCUT2D eigenvalue weighted by Crippen LogP contribution is -2.65. The quantitative estimate of drug-likeness (QED) is 0.142. The highest BCUT2D eigenvalue weighted by molar-refractivity contribution is 5.88. The molecular formula is C27H30O15. The molecule has 0 spiro atoms. The molecular weight excluding hydrogens is 564 g/mol. The Morgan fingerprint density at radius 3 is 2.07 bits per heavy atom. The van der Waals surface area contributed by atoms with Gasteiger partial charge in [0, 0.05) is 12.1 Å². The number of aliphatic hydroxyl groups excluding tert-OH is 7. The first-order valence-electron chi connectivity index (χ1n) is 12.9. The summed E-state index contributed by atoms with van der Waals surface area (Å²) in [5.41, 5.74) is -0.0620. The Morgan fingerprint density at radius 2 is 1.40 bits per heavy atom. The van der Waals surface area contributed by atoms with Crippen molar-refractivity contribution < 1.29 is 69.3 Å². The molecule has 0 unspecified atom stereocenters. The van der Waals surface area contributed by atoms with Gasteiger partial charge < -0.3 is 69.3 Å². The van der Waals surface area contributed by atoms with Gasteiger partial charge in [-0.15, -0.1) is 0 Å². The van der Waals surface area contributed by atoms with E-state index in [1.807, 2.05) is 0 Å². The van der Waals surface area contributed by atoms with Crippen molar-refractivity contribution in [2.24, 2.45) is 0 Å². The Bertz CT molecular complexity index is 1440. The predicted octanol–water partition coefficient (Wildman–Crippen LogP) is -2.13. The van der Waals surface area contributed by atoms with Gasteiger partial charge in [-0.1, -0.05) is 12.1 Å². The van der Waals surface area contributed by atoms with Gasteiger partial charge >= 0.3 is 0 Å². The third-order valence-corrected chi connectivity index (χ3v) is 7.22. The summed E-state index contributed by atoms with van der Waals surface area (Å²) in [5, 5.41) is 90.5. The van der Waals surface area contributed by atoms with Gasteiger partial charge in [0.15, 0.2) is 6.29 Å². The zero-order valence-electron chi connectivity index (χ0n) is 21.7. The van der Waals surface area contributed by atoms with Crippen molar-refractivity contribution in [3.05, 3.63) is 52.9 Å². The van der Waals surface area contributed by atoms with Crippen molar-refractivity contribution in [2.75, 3.05) is 13.2 Å². The molecule has 2 aliphatic heterocycles. The minimum absolute atomic E-state index is 0.00420. The molecule has 2 fully saturated rings. The molecule has 3 aromatic rings. The van der Waals surface area contributed by atoms with Gasteiger partial charge in [-0.25, -0.2) is 0 Å². The van der Waals surface area contributed by atoms with Crippen LogP contribution >= 0.6 is 0 Å². The van der Waals surface area contributed by atoms with E-state index in [0.29, 0.717) is 5.56 Å². The van der Waals surface area contributed by atoms with Gasteiger partial charge in [-0.2, -0.15) is 0 Å². The van der Waals surface area contributed by atoms with Crippen LogP contribution in [-0.4, -0.2) is 121 Å². The molecule has 2 saturated heterocycles. The first-order chi connectivity index (χ1) is 20.0. The molecule has 0 amide bonds. The predicted molar refractivity (Wildman–Crippen MR) is 138 cm³/mol. The van der Waals surface area contributed by atoms with Gasteiger partial charge in [0.1, 0.15) is 83.3 Å². The largest absolute Gasteiger partial charge is 0.508 e. The van der Waals surface area contributed by atoms with Crippen molar-refractivity contribution in [1.29, 1.82) is 0 Å². The molecule has 10 atom stereocenters. The molecule has 42 heavy (non-hydrogen) atoms. The van der Waals surface area contributed by atoms with E-state index < -0.39 is 85.8 Å². The first-order valence-corrected chi connectivity index (χ1v) is 12.9. The number of rotatable bonds is 7. The Labute approximate surface area is 236 Å². The van der Waals surface area contributed by atoms with E-state index >= 15 is 0 Å². The highest BCUT2D eigenvalue weighted by Gasteiger charge is 2.51. The topological polar surface area (TPSA) is 249 Å². The number of aromatic hydroxyl groups is 2. The summed E-state index contributed by atoms with van der Waals surface area (Å²) in [6, 6.07) is 8.06. The van der Waals surface area contributed by atoms with E-state index in [1.165, 1.54) is 36.6 Å². The Kier molecular flexibility index (Phi) is 8.68. The second kappa shape index (κ2) is 12.1. The van der Waals surface area contributed by atoms with Gasteiger partial charge in [0.2, 0.25) is 11.7 Å². The van der Waals surface area contributed by atoms with Gasteiger partial charge in [-0.05, 0) is 17.7 Å². The van der Waals surface area contributed by atoms with Crippen molar-refractivity contribution >= 4 is 11.0 Å². The van der Waals surface area contributed by atoms with Gasteiger partial charge in [-0.3, -0.25) is 4.79 Å². The lowest BCUT2D eigenvalue weighted by molar-refractivity contribution is -0.352. The fourth-order valence-corrected chi connectivity index (χ4v) is 4.92. The van der Waals surface area contributed by atoms with Crippen LogP contribution in [0, 0.1) is 0 Å².